The van der Waals surface area contributed by atoms with E-state index >= 15 is 0 Å². The van der Waals surface area contributed by atoms with Crippen LogP contribution in [-0.2, 0) is 20.5 Å². The van der Waals surface area contributed by atoms with Gasteiger partial charge in [-0.1, -0.05) is 12.5 Å². The van der Waals surface area contributed by atoms with Gasteiger partial charge in [-0.15, -0.1) is 0 Å². The molecule has 0 spiro atoms. The van der Waals surface area contributed by atoms with Crippen molar-refractivity contribution in [3.63, 3.8) is 0 Å². The van der Waals surface area contributed by atoms with Crippen molar-refractivity contribution in [1.29, 1.82) is 0 Å². The van der Waals surface area contributed by atoms with Gasteiger partial charge in [-0.3, -0.25) is 9.36 Å². The van der Waals surface area contributed by atoms with Gasteiger partial charge in [0, 0.05) is 49.1 Å². The molecule has 6 heteroatoms. The molecule has 1 aliphatic carbocycles. The van der Waals surface area contributed by atoms with Gasteiger partial charge in [-0.2, -0.15) is 10.2 Å². The number of rotatable bonds is 6. The maximum atomic E-state index is 14.1. The van der Waals surface area contributed by atoms with Crippen LogP contribution in [0, 0.1) is 19.7 Å². The summed E-state index contributed by atoms with van der Waals surface area (Å²) in [6.45, 7) is 4.54. The van der Waals surface area contributed by atoms with Gasteiger partial charge < -0.3 is 4.74 Å². The molecular formula is C26H29FN4O. The Bertz CT molecular complexity index is 1300. The second-order valence-electron chi connectivity index (χ2n) is 8.88. The van der Waals surface area contributed by atoms with Crippen LogP contribution in [0.4, 0.5) is 4.39 Å². The van der Waals surface area contributed by atoms with E-state index in [1.807, 2.05) is 36.4 Å². The largest absolute Gasteiger partial charge is 0.492 e. The normalized spacial score (nSPS) is 14.2. The minimum atomic E-state index is -0.296. The van der Waals surface area contributed by atoms with Crippen LogP contribution in [0.1, 0.15) is 47.8 Å². The second-order valence-corrected chi connectivity index (χ2v) is 8.88. The number of fused-ring (bicyclic) bond motifs is 1. The highest BCUT2D eigenvalue weighted by Crippen LogP contribution is 2.40. The highest BCUT2D eigenvalue weighted by molar-refractivity contribution is 5.88. The molecule has 0 bridgehead atoms. The number of nitrogens with zero attached hydrogens (tertiary/aromatic N) is 4. The number of benzene rings is 2. The highest BCUT2D eigenvalue weighted by Gasteiger charge is 2.25. The first-order valence-electron chi connectivity index (χ1n) is 11.3. The fourth-order valence-corrected chi connectivity index (χ4v) is 4.74. The molecule has 2 aromatic heterocycles. The van der Waals surface area contributed by atoms with Gasteiger partial charge in [0.2, 0.25) is 0 Å². The van der Waals surface area contributed by atoms with Crippen molar-refractivity contribution in [3.8, 4) is 16.9 Å². The standard InChI is InChI=1S/C26H29FN4O/c1-16-21(17(2)30(3)28-16)12-13-32-25-15-20(27)9-10-22(25)19-8-11-24-23(14-19)26(29-31(24)4)18-6-5-7-18/h8-11,14-15,18H,5-7,12-13H2,1-4H3. The molecule has 1 fully saturated rings. The summed E-state index contributed by atoms with van der Waals surface area (Å²) in [4.78, 5) is 0. The summed E-state index contributed by atoms with van der Waals surface area (Å²) in [5, 5.41) is 10.5. The van der Waals surface area contributed by atoms with Crippen LogP contribution in [0.15, 0.2) is 36.4 Å². The molecule has 5 nitrogen and oxygen atoms in total. The average molecular weight is 433 g/mol. The molecule has 2 heterocycles. The zero-order chi connectivity index (χ0) is 22.4. The van der Waals surface area contributed by atoms with Gasteiger partial charge in [-0.25, -0.2) is 4.39 Å². The first kappa shape index (κ1) is 20.7. The monoisotopic (exact) mass is 432 g/mol. The fourth-order valence-electron chi connectivity index (χ4n) is 4.74. The van der Waals surface area contributed by atoms with E-state index in [1.165, 1.54) is 48.0 Å². The molecule has 32 heavy (non-hydrogen) atoms. The Morgan fingerprint density at radius 3 is 2.53 bits per heavy atom. The predicted molar refractivity (Wildman–Crippen MR) is 125 cm³/mol. The van der Waals surface area contributed by atoms with Crippen molar-refractivity contribution in [3.05, 3.63) is 64.9 Å². The number of hydrogen-bond acceptors (Lipinski definition) is 3. The minimum Gasteiger partial charge on any atom is -0.492 e. The molecule has 0 aliphatic heterocycles. The number of ether oxygens (including phenoxy) is 1. The summed E-state index contributed by atoms with van der Waals surface area (Å²) in [6, 6.07) is 11.2. The van der Waals surface area contributed by atoms with Crippen molar-refractivity contribution in [1.82, 2.24) is 19.6 Å². The zero-order valence-electron chi connectivity index (χ0n) is 19.2. The van der Waals surface area contributed by atoms with E-state index in [-0.39, 0.29) is 5.82 Å². The second kappa shape index (κ2) is 8.08. The predicted octanol–water partition coefficient (Wildman–Crippen LogP) is 5.62. The number of halogens is 1. The Morgan fingerprint density at radius 2 is 1.84 bits per heavy atom. The van der Waals surface area contributed by atoms with Crippen LogP contribution in [0.5, 0.6) is 5.75 Å². The van der Waals surface area contributed by atoms with Crippen LogP contribution in [-0.4, -0.2) is 26.2 Å². The van der Waals surface area contributed by atoms with Crippen molar-refractivity contribution in [2.24, 2.45) is 14.1 Å². The first-order valence-corrected chi connectivity index (χ1v) is 11.3. The molecule has 1 saturated carbocycles. The van der Waals surface area contributed by atoms with Crippen LogP contribution >= 0.6 is 0 Å². The minimum absolute atomic E-state index is 0.296. The van der Waals surface area contributed by atoms with E-state index in [0.29, 0.717) is 18.3 Å². The molecule has 2 aromatic carbocycles. The first-order chi connectivity index (χ1) is 15.4. The van der Waals surface area contributed by atoms with E-state index in [0.717, 1.165) is 34.5 Å². The van der Waals surface area contributed by atoms with Crippen LogP contribution in [0.2, 0.25) is 0 Å². The number of aryl methyl sites for hydroxylation is 3. The molecule has 4 aromatic rings. The average Bonchev–Trinajstić information content (AvgIpc) is 3.17. The number of aromatic nitrogens is 4. The molecule has 0 atom stereocenters. The molecule has 1 aliphatic rings. The summed E-state index contributed by atoms with van der Waals surface area (Å²) in [5.41, 5.74) is 7.57. The molecule has 0 radical (unpaired) electrons. The summed E-state index contributed by atoms with van der Waals surface area (Å²) in [7, 11) is 3.95. The van der Waals surface area contributed by atoms with Crippen molar-refractivity contribution in [2.45, 2.75) is 45.4 Å². The van der Waals surface area contributed by atoms with E-state index in [4.69, 9.17) is 9.84 Å². The smallest absolute Gasteiger partial charge is 0.130 e. The third kappa shape index (κ3) is 3.57. The van der Waals surface area contributed by atoms with Crippen molar-refractivity contribution < 1.29 is 9.13 Å². The summed E-state index contributed by atoms with van der Waals surface area (Å²) >= 11 is 0. The Hall–Kier alpha value is -3.15. The third-order valence-corrected chi connectivity index (χ3v) is 6.89. The topological polar surface area (TPSA) is 44.9 Å². The summed E-state index contributed by atoms with van der Waals surface area (Å²) in [6.07, 6.45) is 4.41. The quantitative estimate of drug-likeness (QED) is 0.397. The lowest BCUT2D eigenvalue weighted by Gasteiger charge is -2.23. The lowest BCUT2D eigenvalue weighted by molar-refractivity contribution is 0.321. The van der Waals surface area contributed by atoms with Gasteiger partial charge in [0.25, 0.3) is 0 Å². The molecule has 166 valence electrons. The molecule has 0 unspecified atom stereocenters. The maximum Gasteiger partial charge on any atom is 0.130 e. The van der Waals surface area contributed by atoms with Gasteiger partial charge in [0.15, 0.2) is 0 Å². The fraction of sp³-hybridized carbons (Fsp3) is 0.385. The highest BCUT2D eigenvalue weighted by atomic mass is 19.1. The molecular weight excluding hydrogens is 403 g/mol. The number of hydrogen-bond donors (Lipinski definition) is 0. The van der Waals surface area contributed by atoms with Gasteiger partial charge in [-0.05, 0) is 62.1 Å². The van der Waals surface area contributed by atoms with Crippen LogP contribution in [0.3, 0.4) is 0 Å². The Labute approximate surface area is 187 Å². The van der Waals surface area contributed by atoms with Crippen LogP contribution in [0.25, 0.3) is 22.0 Å². The van der Waals surface area contributed by atoms with Crippen molar-refractivity contribution in [2.75, 3.05) is 6.61 Å². The van der Waals surface area contributed by atoms with Gasteiger partial charge in [0.1, 0.15) is 11.6 Å². The van der Waals surface area contributed by atoms with Crippen molar-refractivity contribution >= 4 is 10.9 Å². The third-order valence-electron chi connectivity index (χ3n) is 6.89. The Kier molecular flexibility index (Phi) is 5.24. The Morgan fingerprint density at radius 1 is 1.03 bits per heavy atom. The van der Waals surface area contributed by atoms with E-state index < -0.39 is 0 Å². The lowest BCUT2D eigenvalue weighted by atomic mass is 9.81. The van der Waals surface area contributed by atoms with E-state index in [2.05, 4.69) is 30.2 Å². The zero-order valence-corrected chi connectivity index (χ0v) is 19.2. The molecule has 0 N–H and O–H groups in total. The summed E-state index contributed by atoms with van der Waals surface area (Å²) < 4.78 is 24.1. The van der Waals surface area contributed by atoms with Gasteiger partial charge >= 0.3 is 0 Å². The van der Waals surface area contributed by atoms with Gasteiger partial charge in [0.05, 0.1) is 23.5 Å². The Balaban J connectivity index is 1.45. The maximum absolute atomic E-state index is 14.1. The summed E-state index contributed by atoms with van der Waals surface area (Å²) in [5.74, 6) is 0.816. The SMILES string of the molecule is Cc1nn(C)c(C)c1CCOc1cc(F)ccc1-c1ccc2c(c1)c(C1CCC1)nn2C. The van der Waals surface area contributed by atoms with Crippen LogP contribution < -0.4 is 4.74 Å². The molecule has 0 saturated heterocycles. The lowest BCUT2D eigenvalue weighted by Crippen LogP contribution is -2.10. The van der Waals surface area contributed by atoms with E-state index in [1.54, 1.807) is 0 Å². The van der Waals surface area contributed by atoms with E-state index in [9.17, 15) is 4.39 Å². The molecule has 0 amide bonds. The molecule has 5 rings (SSSR count).